The van der Waals surface area contributed by atoms with E-state index in [4.69, 9.17) is 5.11 Å². The molecule has 0 aliphatic heterocycles. The van der Waals surface area contributed by atoms with Crippen molar-refractivity contribution in [1.29, 1.82) is 0 Å². The van der Waals surface area contributed by atoms with Crippen molar-refractivity contribution in [2.45, 2.75) is 25.2 Å². The Kier molecular flexibility index (Phi) is 5.05. The molecule has 0 aliphatic carbocycles. The Morgan fingerprint density at radius 2 is 2.20 bits per heavy atom. The molecule has 0 fully saturated rings. The Morgan fingerprint density at radius 1 is 1.47 bits per heavy atom. The maximum Gasteiger partial charge on any atom is 0.336 e. The van der Waals surface area contributed by atoms with E-state index in [0.717, 1.165) is 22.6 Å². The molecular weight excluding hydrogens is 228 g/mol. The Balaban J connectivity index is 2.81. The average Bonchev–Trinajstić information content (AvgIpc) is 2.20. The molecule has 0 spiro atoms. The number of hydrogen-bond donors (Lipinski definition) is 1. The second-order valence-electron chi connectivity index (χ2n) is 3.21. The molecule has 15 heavy (non-hydrogen) atoms. The van der Waals surface area contributed by atoms with E-state index < -0.39 is 5.97 Å². The molecule has 1 rings (SSSR count). The van der Waals surface area contributed by atoms with E-state index in [1.807, 2.05) is 19.1 Å². The van der Waals surface area contributed by atoms with Crippen molar-refractivity contribution in [3.05, 3.63) is 29.3 Å². The van der Waals surface area contributed by atoms with Crippen LogP contribution in [0.25, 0.3) is 0 Å². The van der Waals surface area contributed by atoms with Crippen molar-refractivity contribution in [3.63, 3.8) is 0 Å². The fourth-order valence-electron chi connectivity index (χ4n) is 1.07. The summed E-state index contributed by atoms with van der Waals surface area (Å²) in [5.41, 5.74) is 1.39. The number of aromatic carboxylic acids is 1. The number of carbonyl (C=O) groups is 1. The van der Waals surface area contributed by atoms with Crippen LogP contribution in [0.1, 0.15) is 29.3 Å². The number of carboxylic acids is 1. The number of aryl methyl sites for hydroxylation is 1. The Morgan fingerprint density at radius 3 is 2.80 bits per heavy atom. The Bertz CT molecular complexity index is 350. The molecule has 82 valence electrons. The minimum absolute atomic E-state index is 0.406. The summed E-state index contributed by atoms with van der Waals surface area (Å²) in [6.07, 6.45) is 1.10. The van der Waals surface area contributed by atoms with Gasteiger partial charge in [0.25, 0.3) is 0 Å². The lowest BCUT2D eigenvalue weighted by molar-refractivity contribution is 0.0693. The van der Waals surface area contributed by atoms with Crippen LogP contribution in [0.3, 0.4) is 0 Å². The predicted octanol–water partition coefficient (Wildman–Crippen LogP) is 3.84. The summed E-state index contributed by atoms with van der Waals surface area (Å²) in [5, 5.41) is 9.02. The highest BCUT2D eigenvalue weighted by molar-refractivity contribution is 8.76. The molecule has 0 unspecified atom stereocenters. The van der Waals surface area contributed by atoms with Gasteiger partial charge in [0, 0.05) is 10.6 Å². The summed E-state index contributed by atoms with van der Waals surface area (Å²) < 4.78 is 0. The monoisotopic (exact) mass is 242 g/mol. The number of benzene rings is 1. The van der Waals surface area contributed by atoms with Crippen LogP contribution in [-0.4, -0.2) is 16.8 Å². The molecule has 4 heteroatoms. The Labute approximate surface area is 97.9 Å². The number of hydrogen-bond acceptors (Lipinski definition) is 3. The lowest BCUT2D eigenvalue weighted by atomic mass is 10.1. The van der Waals surface area contributed by atoms with Crippen LogP contribution in [-0.2, 0) is 0 Å². The van der Waals surface area contributed by atoms with Gasteiger partial charge in [-0.15, -0.1) is 0 Å². The number of carboxylic acid groups (broad SMARTS) is 1. The van der Waals surface area contributed by atoms with E-state index in [1.54, 1.807) is 27.7 Å². The van der Waals surface area contributed by atoms with Crippen LogP contribution in [0.2, 0.25) is 0 Å². The lowest BCUT2D eigenvalue weighted by Gasteiger charge is -2.05. The average molecular weight is 242 g/mol. The maximum absolute atomic E-state index is 11.0. The van der Waals surface area contributed by atoms with Gasteiger partial charge in [0.2, 0.25) is 0 Å². The van der Waals surface area contributed by atoms with Gasteiger partial charge in [0.15, 0.2) is 0 Å². The highest BCUT2D eigenvalue weighted by atomic mass is 33.1. The standard InChI is InChI=1S/C11H14O2S2/c1-3-6-14-15-10-5-4-8(2)7-9(10)11(12)13/h4-5,7H,3,6H2,1-2H3,(H,12,13). The highest BCUT2D eigenvalue weighted by Gasteiger charge is 2.10. The summed E-state index contributed by atoms with van der Waals surface area (Å²) in [7, 11) is 3.24. The van der Waals surface area contributed by atoms with E-state index in [0.29, 0.717) is 5.56 Å². The third-order valence-electron chi connectivity index (χ3n) is 1.80. The summed E-state index contributed by atoms with van der Waals surface area (Å²) in [6, 6.07) is 5.55. The molecule has 0 saturated heterocycles. The smallest absolute Gasteiger partial charge is 0.336 e. The van der Waals surface area contributed by atoms with Gasteiger partial charge >= 0.3 is 5.97 Å². The van der Waals surface area contributed by atoms with E-state index in [2.05, 4.69) is 6.92 Å². The molecule has 0 heterocycles. The molecule has 1 N–H and O–H groups in total. The summed E-state index contributed by atoms with van der Waals surface area (Å²) in [5.74, 6) is 0.190. The van der Waals surface area contributed by atoms with Gasteiger partial charge in [-0.1, -0.05) is 40.1 Å². The molecule has 0 aromatic heterocycles. The van der Waals surface area contributed by atoms with Gasteiger partial charge in [-0.3, -0.25) is 0 Å². The van der Waals surface area contributed by atoms with Crippen LogP contribution in [0, 0.1) is 6.92 Å². The zero-order valence-corrected chi connectivity index (χ0v) is 10.5. The third-order valence-corrected chi connectivity index (χ3v) is 4.42. The van der Waals surface area contributed by atoms with E-state index in [1.165, 1.54) is 0 Å². The topological polar surface area (TPSA) is 37.3 Å². The van der Waals surface area contributed by atoms with Gasteiger partial charge < -0.3 is 5.11 Å². The normalized spacial score (nSPS) is 10.3. The second kappa shape index (κ2) is 6.08. The zero-order chi connectivity index (χ0) is 11.3. The molecule has 2 nitrogen and oxygen atoms in total. The molecule has 0 bridgehead atoms. The molecule has 0 radical (unpaired) electrons. The zero-order valence-electron chi connectivity index (χ0n) is 8.82. The van der Waals surface area contributed by atoms with Crippen LogP contribution < -0.4 is 0 Å². The van der Waals surface area contributed by atoms with Gasteiger partial charge in [-0.25, -0.2) is 4.79 Å². The fourth-order valence-corrected chi connectivity index (χ4v) is 3.38. The minimum Gasteiger partial charge on any atom is -0.478 e. The summed E-state index contributed by atoms with van der Waals surface area (Å²) in [6.45, 7) is 4.01. The van der Waals surface area contributed by atoms with Crippen molar-refractivity contribution >= 4 is 27.6 Å². The van der Waals surface area contributed by atoms with Crippen LogP contribution in [0.15, 0.2) is 23.1 Å². The summed E-state index contributed by atoms with van der Waals surface area (Å²) >= 11 is 0. The van der Waals surface area contributed by atoms with E-state index in [9.17, 15) is 4.79 Å². The first-order valence-corrected chi connectivity index (χ1v) is 7.10. The van der Waals surface area contributed by atoms with Gasteiger partial charge in [0.05, 0.1) is 5.56 Å². The summed E-state index contributed by atoms with van der Waals surface area (Å²) in [4.78, 5) is 11.8. The van der Waals surface area contributed by atoms with Gasteiger partial charge in [-0.05, 0) is 25.5 Å². The molecule has 1 aromatic rings. The first kappa shape index (κ1) is 12.5. The largest absolute Gasteiger partial charge is 0.478 e. The highest BCUT2D eigenvalue weighted by Crippen LogP contribution is 2.34. The predicted molar refractivity (Wildman–Crippen MR) is 66.7 cm³/mol. The minimum atomic E-state index is -0.849. The van der Waals surface area contributed by atoms with Crippen molar-refractivity contribution in [3.8, 4) is 0 Å². The molecule has 0 saturated carbocycles. The van der Waals surface area contributed by atoms with Crippen LogP contribution >= 0.6 is 21.6 Å². The van der Waals surface area contributed by atoms with E-state index >= 15 is 0 Å². The molecule has 0 aliphatic rings. The first-order valence-electron chi connectivity index (χ1n) is 4.78. The third kappa shape index (κ3) is 3.80. The molecule has 0 atom stereocenters. The van der Waals surface area contributed by atoms with Crippen molar-refractivity contribution in [2.24, 2.45) is 0 Å². The molecular formula is C11H14O2S2. The SMILES string of the molecule is CCCSSc1ccc(C)cc1C(=O)O. The second-order valence-corrected chi connectivity index (χ2v) is 5.67. The quantitative estimate of drug-likeness (QED) is 0.628. The van der Waals surface area contributed by atoms with Crippen LogP contribution in [0.5, 0.6) is 0 Å². The lowest BCUT2D eigenvalue weighted by Crippen LogP contribution is -1.98. The van der Waals surface area contributed by atoms with Crippen molar-refractivity contribution in [2.75, 3.05) is 5.75 Å². The van der Waals surface area contributed by atoms with Crippen LogP contribution in [0.4, 0.5) is 0 Å². The number of rotatable bonds is 5. The fraction of sp³-hybridized carbons (Fsp3) is 0.364. The first-order chi connectivity index (χ1) is 7.15. The van der Waals surface area contributed by atoms with Gasteiger partial charge in [-0.2, -0.15) is 0 Å². The van der Waals surface area contributed by atoms with Crippen molar-refractivity contribution < 1.29 is 9.90 Å². The maximum atomic E-state index is 11.0. The van der Waals surface area contributed by atoms with Crippen molar-refractivity contribution in [1.82, 2.24) is 0 Å². The van der Waals surface area contributed by atoms with Gasteiger partial charge in [0.1, 0.15) is 0 Å². The molecule has 1 aromatic carbocycles. The Hall–Kier alpha value is -0.610. The molecule has 0 amide bonds. The van der Waals surface area contributed by atoms with E-state index in [-0.39, 0.29) is 0 Å².